The molecule has 2 aromatic rings. The van der Waals surface area contributed by atoms with E-state index < -0.39 is 0 Å². The van der Waals surface area contributed by atoms with Gasteiger partial charge in [-0.05, 0) is 38.5 Å². The van der Waals surface area contributed by atoms with E-state index in [2.05, 4.69) is 65.2 Å². The molecule has 0 amide bonds. The van der Waals surface area contributed by atoms with Crippen molar-refractivity contribution < 1.29 is 0 Å². The average molecular weight is 313 g/mol. The highest BCUT2D eigenvalue weighted by Crippen LogP contribution is 2.30. The van der Waals surface area contributed by atoms with Gasteiger partial charge in [0.25, 0.3) is 0 Å². The number of benzene rings is 1. The van der Waals surface area contributed by atoms with Crippen molar-refractivity contribution in [2.24, 2.45) is 0 Å². The molecule has 0 aliphatic carbocycles. The molecule has 0 aliphatic rings. The summed E-state index contributed by atoms with van der Waals surface area (Å²) in [5, 5.41) is 4.53. The maximum absolute atomic E-state index is 4.62. The Morgan fingerprint density at radius 3 is 2.88 bits per heavy atom. The summed E-state index contributed by atoms with van der Waals surface area (Å²) < 4.78 is 2.30. The summed E-state index contributed by atoms with van der Waals surface area (Å²) in [6, 6.07) is 6.22. The van der Waals surface area contributed by atoms with Gasteiger partial charge in [0.1, 0.15) is 0 Å². The molecule has 2 rings (SSSR count). The molecule has 1 N–H and O–H groups in total. The first kappa shape index (κ1) is 12.8. The first-order valence-electron chi connectivity index (χ1n) is 5.84. The van der Waals surface area contributed by atoms with Crippen LogP contribution in [0.1, 0.15) is 33.6 Å². The Kier molecular flexibility index (Phi) is 3.73. The van der Waals surface area contributed by atoms with E-state index in [0.717, 1.165) is 21.5 Å². The molecule has 1 aromatic carbocycles. The van der Waals surface area contributed by atoms with Crippen LogP contribution in [-0.2, 0) is 0 Å². The standard InChI is InChI=1S/C13H17BrN2S/c1-4-7-13(2,3)16-12-15-10-8-9(14)5-6-11(10)17-12/h5-6,8H,4,7H2,1-3H3,(H,15,16). The van der Waals surface area contributed by atoms with Crippen molar-refractivity contribution in [3.8, 4) is 0 Å². The number of hydrogen-bond donors (Lipinski definition) is 1. The van der Waals surface area contributed by atoms with Gasteiger partial charge in [-0.15, -0.1) is 0 Å². The van der Waals surface area contributed by atoms with Crippen molar-refractivity contribution in [2.45, 2.75) is 39.2 Å². The molecule has 1 heterocycles. The monoisotopic (exact) mass is 312 g/mol. The van der Waals surface area contributed by atoms with Gasteiger partial charge in [0.2, 0.25) is 0 Å². The normalized spacial score (nSPS) is 12.0. The topological polar surface area (TPSA) is 24.9 Å². The molecule has 0 fully saturated rings. The zero-order valence-electron chi connectivity index (χ0n) is 10.4. The van der Waals surface area contributed by atoms with Crippen LogP contribution in [0.5, 0.6) is 0 Å². The first-order chi connectivity index (χ1) is 8.00. The third-order valence-electron chi connectivity index (χ3n) is 2.67. The van der Waals surface area contributed by atoms with Crippen molar-refractivity contribution in [3.05, 3.63) is 22.7 Å². The highest BCUT2D eigenvalue weighted by Gasteiger charge is 2.17. The lowest BCUT2D eigenvalue weighted by Gasteiger charge is -2.25. The second-order valence-corrected chi connectivity index (χ2v) is 6.84. The summed E-state index contributed by atoms with van der Waals surface area (Å²) >= 11 is 5.19. The van der Waals surface area contributed by atoms with Crippen LogP contribution >= 0.6 is 27.3 Å². The molecule has 0 spiro atoms. The predicted octanol–water partition coefficient (Wildman–Crippen LogP) is 5.05. The maximum Gasteiger partial charge on any atom is 0.184 e. The Bertz CT molecular complexity index is 519. The summed E-state index contributed by atoms with van der Waals surface area (Å²) in [5.74, 6) is 0. The molecule has 0 radical (unpaired) electrons. The van der Waals surface area contributed by atoms with Gasteiger partial charge >= 0.3 is 0 Å². The van der Waals surface area contributed by atoms with E-state index in [-0.39, 0.29) is 5.54 Å². The van der Waals surface area contributed by atoms with Crippen LogP contribution in [0.3, 0.4) is 0 Å². The van der Waals surface area contributed by atoms with Gasteiger partial charge in [0.15, 0.2) is 5.13 Å². The lowest BCUT2D eigenvalue weighted by Crippen LogP contribution is -2.30. The van der Waals surface area contributed by atoms with Crippen molar-refractivity contribution in [3.63, 3.8) is 0 Å². The Morgan fingerprint density at radius 1 is 1.41 bits per heavy atom. The molecule has 2 nitrogen and oxygen atoms in total. The van der Waals surface area contributed by atoms with Crippen LogP contribution in [-0.4, -0.2) is 10.5 Å². The van der Waals surface area contributed by atoms with Gasteiger partial charge < -0.3 is 5.32 Å². The summed E-state index contributed by atoms with van der Waals surface area (Å²) in [4.78, 5) is 4.62. The minimum Gasteiger partial charge on any atom is -0.357 e. The second kappa shape index (κ2) is 4.94. The summed E-state index contributed by atoms with van der Waals surface area (Å²) in [6.07, 6.45) is 2.32. The smallest absolute Gasteiger partial charge is 0.184 e. The highest BCUT2D eigenvalue weighted by molar-refractivity contribution is 9.10. The van der Waals surface area contributed by atoms with Crippen molar-refractivity contribution in [1.82, 2.24) is 4.98 Å². The maximum atomic E-state index is 4.62. The molecule has 0 atom stereocenters. The number of anilines is 1. The van der Waals surface area contributed by atoms with Gasteiger partial charge in [-0.2, -0.15) is 0 Å². The lowest BCUT2D eigenvalue weighted by atomic mass is 10.00. The summed E-state index contributed by atoms with van der Waals surface area (Å²) in [6.45, 7) is 6.65. The average Bonchev–Trinajstić information content (AvgIpc) is 2.57. The Balaban J connectivity index is 2.25. The molecule has 0 saturated heterocycles. The number of nitrogens with one attached hydrogen (secondary N) is 1. The molecule has 0 aliphatic heterocycles. The summed E-state index contributed by atoms with van der Waals surface area (Å²) in [5.41, 5.74) is 1.17. The third kappa shape index (κ3) is 3.19. The van der Waals surface area contributed by atoms with Crippen LogP contribution < -0.4 is 5.32 Å². The van der Waals surface area contributed by atoms with Crippen LogP contribution in [0.25, 0.3) is 10.2 Å². The Labute approximate surface area is 115 Å². The SMILES string of the molecule is CCCC(C)(C)Nc1nc2cc(Br)ccc2s1. The van der Waals surface area contributed by atoms with Crippen LogP contribution in [0.4, 0.5) is 5.13 Å². The number of rotatable bonds is 4. The predicted molar refractivity (Wildman–Crippen MR) is 79.9 cm³/mol. The van der Waals surface area contributed by atoms with Crippen molar-refractivity contribution in [2.75, 3.05) is 5.32 Å². The quantitative estimate of drug-likeness (QED) is 0.854. The number of fused-ring (bicyclic) bond motifs is 1. The van der Waals surface area contributed by atoms with E-state index in [4.69, 9.17) is 0 Å². The van der Waals surface area contributed by atoms with Gasteiger partial charge in [0.05, 0.1) is 10.2 Å². The molecular weight excluding hydrogens is 296 g/mol. The molecular formula is C13H17BrN2S. The fourth-order valence-electron chi connectivity index (χ4n) is 1.93. The molecule has 17 heavy (non-hydrogen) atoms. The minimum absolute atomic E-state index is 0.111. The summed E-state index contributed by atoms with van der Waals surface area (Å²) in [7, 11) is 0. The van der Waals surface area contributed by atoms with E-state index in [1.165, 1.54) is 11.1 Å². The molecule has 92 valence electrons. The fourth-order valence-corrected chi connectivity index (χ4v) is 3.30. The second-order valence-electron chi connectivity index (χ2n) is 4.89. The van der Waals surface area contributed by atoms with Crippen molar-refractivity contribution in [1.29, 1.82) is 0 Å². The third-order valence-corrected chi connectivity index (χ3v) is 4.12. The largest absolute Gasteiger partial charge is 0.357 e. The number of halogens is 1. The van der Waals surface area contributed by atoms with Crippen LogP contribution in [0.2, 0.25) is 0 Å². The van der Waals surface area contributed by atoms with Crippen molar-refractivity contribution >= 4 is 42.6 Å². The molecule has 1 aromatic heterocycles. The highest BCUT2D eigenvalue weighted by atomic mass is 79.9. The first-order valence-corrected chi connectivity index (χ1v) is 7.45. The van der Waals surface area contributed by atoms with E-state index >= 15 is 0 Å². The molecule has 0 bridgehead atoms. The Hall–Kier alpha value is -0.610. The van der Waals surface area contributed by atoms with E-state index in [1.54, 1.807) is 11.3 Å². The Morgan fingerprint density at radius 2 is 2.18 bits per heavy atom. The zero-order valence-corrected chi connectivity index (χ0v) is 12.8. The van der Waals surface area contributed by atoms with Gasteiger partial charge in [0, 0.05) is 10.0 Å². The van der Waals surface area contributed by atoms with Gasteiger partial charge in [-0.3, -0.25) is 0 Å². The number of hydrogen-bond acceptors (Lipinski definition) is 3. The van der Waals surface area contributed by atoms with E-state index in [9.17, 15) is 0 Å². The number of thiazole rings is 1. The van der Waals surface area contributed by atoms with Crippen LogP contribution in [0.15, 0.2) is 22.7 Å². The molecule has 0 saturated carbocycles. The molecule has 4 heteroatoms. The minimum atomic E-state index is 0.111. The lowest BCUT2D eigenvalue weighted by molar-refractivity contribution is 0.511. The number of nitrogens with zero attached hydrogens (tertiary/aromatic N) is 1. The van der Waals surface area contributed by atoms with Crippen LogP contribution in [0, 0.1) is 0 Å². The van der Waals surface area contributed by atoms with Gasteiger partial charge in [-0.1, -0.05) is 40.6 Å². The van der Waals surface area contributed by atoms with E-state index in [0.29, 0.717) is 0 Å². The number of aromatic nitrogens is 1. The molecule has 0 unspecified atom stereocenters. The van der Waals surface area contributed by atoms with E-state index in [1.807, 2.05) is 0 Å². The zero-order chi connectivity index (χ0) is 12.5. The van der Waals surface area contributed by atoms with Gasteiger partial charge in [-0.25, -0.2) is 4.98 Å². The fraction of sp³-hybridized carbons (Fsp3) is 0.462.